The van der Waals surface area contributed by atoms with Gasteiger partial charge < -0.3 is 9.64 Å². The molecule has 2 heterocycles. The molecule has 27 heavy (non-hydrogen) atoms. The number of ether oxygens (including phenoxy) is 1. The van der Waals surface area contributed by atoms with Crippen molar-refractivity contribution in [2.75, 3.05) is 19.7 Å². The fraction of sp³-hybridized carbons (Fsp3) is 0.333. The van der Waals surface area contributed by atoms with Crippen molar-refractivity contribution in [3.05, 3.63) is 58.0 Å². The first-order valence-electron chi connectivity index (χ1n) is 9.04. The van der Waals surface area contributed by atoms with E-state index in [1.165, 1.54) is 23.5 Å². The third kappa shape index (κ3) is 4.83. The molecular weight excluding hydrogens is 365 g/mol. The van der Waals surface area contributed by atoms with Crippen LogP contribution in [-0.4, -0.2) is 36.5 Å². The molecule has 0 saturated carbocycles. The van der Waals surface area contributed by atoms with E-state index in [9.17, 15) is 14.0 Å². The molecule has 0 spiro atoms. The van der Waals surface area contributed by atoms with Crippen LogP contribution in [-0.2, 0) is 14.3 Å². The van der Waals surface area contributed by atoms with Gasteiger partial charge in [-0.3, -0.25) is 9.59 Å². The van der Waals surface area contributed by atoms with Gasteiger partial charge in [-0.1, -0.05) is 12.1 Å². The second-order valence-corrected chi connectivity index (χ2v) is 7.22. The smallest absolute Gasteiger partial charge is 0.309 e. The van der Waals surface area contributed by atoms with Crippen molar-refractivity contribution in [1.29, 1.82) is 0 Å². The lowest BCUT2D eigenvalue weighted by Gasteiger charge is -2.31. The summed E-state index contributed by atoms with van der Waals surface area (Å²) in [6, 6.07) is 7.98. The monoisotopic (exact) mass is 387 g/mol. The lowest BCUT2D eigenvalue weighted by molar-refractivity contribution is -0.150. The molecule has 1 aliphatic heterocycles. The molecule has 1 amide bonds. The van der Waals surface area contributed by atoms with Gasteiger partial charge in [0, 0.05) is 18.7 Å². The quantitative estimate of drug-likeness (QED) is 0.570. The van der Waals surface area contributed by atoms with Crippen LogP contribution < -0.4 is 0 Å². The Morgan fingerprint density at radius 3 is 2.52 bits per heavy atom. The van der Waals surface area contributed by atoms with Gasteiger partial charge in [0.15, 0.2) is 0 Å². The predicted octanol–water partition coefficient (Wildman–Crippen LogP) is 4.23. The van der Waals surface area contributed by atoms with Crippen molar-refractivity contribution in [2.45, 2.75) is 19.8 Å². The Labute approximate surface area is 162 Å². The van der Waals surface area contributed by atoms with Gasteiger partial charge in [0.05, 0.1) is 12.5 Å². The summed E-state index contributed by atoms with van der Waals surface area (Å²) in [6.45, 7) is 3.21. The minimum Gasteiger partial charge on any atom is -0.466 e. The van der Waals surface area contributed by atoms with Crippen LogP contribution in [0.2, 0.25) is 0 Å². The van der Waals surface area contributed by atoms with Crippen molar-refractivity contribution in [2.24, 2.45) is 5.92 Å². The molecule has 0 unspecified atom stereocenters. The highest BCUT2D eigenvalue weighted by Crippen LogP contribution is 2.26. The maximum absolute atomic E-state index is 13.2. The Bertz CT molecular complexity index is 806. The zero-order chi connectivity index (χ0) is 19.2. The maximum Gasteiger partial charge on any atom is 0.309 e. The van der Waals surface area contributed by atoms with Gasteiger partial charge in [-0.15, -0.1) is 0 Å². The van der Waals surface area contributed by atoms with E-state index < -0.39 is 0 Å². The largest absolute Gasteiger partial charge is 0.466 e. The summed E-state index contributed by atoms with van der Waals surface area (Å²) < 4.78 is 18.3. The highest BCUT2D eigenvalue weighted by atomic mass is 32.1. The van der Waals surface area contributed by atoms with Crippen LogP contribution in [0, 0.1) is 11.7 Å². The molecule has 142 valence electrons. The van der Waals surface area contributed by atoms with Crippen molar-refractivity contribution in [3.8, 4) is 0 Å². The lowest BCUT2D eigenvalue weighted by Crippen LogP contribution is -2.41. The number of hydrogen-bond acceptors (Lipinski definition) is 4. The normalized spacial score (nSPS) is 15.6. The number of amides is 1. The Hall–Kier alpha value is -2.47. The molecule has 0 aliphatic carbocycles. The van der Waals surface area contributed by atoms with E-state index in [0.717, 1.165) is 11.1 Å². The first-order chi connectivity index (χ1) is 13.1. The average Bonchev–Trinajstić information content (AvgIpc) is 3.22. The third-order valence-corrected chi connectivity index (χ3v) is 5.33. The molecule has 2 aromatic rings. The number of carbonyl (C=O) groups is 2. The summed E-state index contributed by atoms with van der Waals surface area (Å²) in [5.41, 5.74) is 2.20. The highest BCUT2D eigenvalue weighted by Gasteiger charge is 2.29. The Balaban J connectivity index is 1.77. The second kappa shape index (κ2) is 8.95. The summed E-state index contributed by atoms with van der Waals surface area (Å²) >= 11 is 1.52. The first-order valence-corrected chi connectivity index (χ1v) is 9.98. The van der Waals surface area contributed by atoms with E-state index in [-0.39, 0.29) is 23.6 Å². The van der Waals surface area contributed by atoms with Crippen LogP contribution in [0.15, 0.2) is 41.1 Å². The number of carbonyl (C=O) groups excluding carboxylic acids is 2. The van der Waals surface area contributed by atoms with Crippen LogP contribution in [0.1, 0.15) is 30.9 Å². The lowest BCUT2D eigenvalue weighted by atomic mass is 9.95. The molecular formula is C21H22FNO3S. The van der Waals surface area contributed by atoms with Crippen LogP contribution in [0.3, 0.4) is 0 Å². The SMILES string of the molecule is CCOC(=O)C1CCN(C(=O)/C(=C/c2ccc(F)cc2)c2ccsc2)CC1. The molecule has 0 radical (unpaired) electrons. The van der Waals surface area contributed by atoms with E-state index in [0.29, 0.717) is 38.1 Å². The van der Waals surface area contributed by atoms with Crippen molar-refractivity contribution < 1.29 is 18.7 Å². The van der Waals surface area contributed by atoms with E-state index in [4.69, 9.17) is 4.74 Å². The number of halogens is 1. The number of piperidine rings is 1. The standard InChI is InChI=1S/C21H22FNO3S/c1-2-26-21(25)16-7-10-23(11-8-16)20(24)19(17-9-12-27-14-17)13-15-3-5-18(22)6-4-15/h3-6,9,12-14,16H,2,7-8,10-11H2,1H3/b19-13+. The molecule has 1 aliphatic rings. The van der Waals surface area contributed by atoms with Crippen molar-refractivity contribution >= 4 is 34.9 Å². The number of hydrogen-bond donors (Lipinski definition) is 0. The summed E-state index contributed by atoms with van der Waals surface area (Å²) in [5.74, 6) is -0.694. The van der Waals surface area contributed by atoms with E-state index >= 15 is 0 Å². The molecule has 6 heteroatoms. The van der Waals surface area contributed by atoms with Crippen molar-refractivity contribution in [3.63, 3.8) is 0 Å². The highest BCUT2D eigenvalue weighted by molar-refractivity contribution is 7.08. The number of thiophene rings is 1. The van der Waals surface area contributed by atoms with Crippen molar-refractivity contribution in [1.82, 2.24) is 4.90 Å². The Morgan fingerprint density at radius 2 is 1.93 bits per heavy atom. The molecule has 1 aromatic carbocycles. The molecule has 1 aromatic heterocycles. The number of benzene rings is 1. The Kier molecular flexibility index (Phi) is 6.40. The van der Waals surface area contributed by atoms with Gasteiger partial charge in [-0.25, -0.2) is 4.39 Å². The minimum atomic E-state index is -0.309. The van der Waals surface area contributed by atoms with Gasteiger partial charge in [-0.05, 0) is 65.9 Å². The molecule has 4 nitrogen and oxygen atoms in total. The fourth-order valence-corrected chi connectivity index (χ4v) is 3.82. The topological polar surface area (TPSA) is 46.6 Å². The average molecular weight is 387 g/mol. The first kappa shape index (κ1) is 19.3. The van der Waals surface area contributed by atoms with Crippen LogP contribution in [0.4, 0.5) is 4.39 Å². The number of esters is 1. The van der Waals surface area contributed by atoms with Gasteiger partial charge in [0.1, 0.15) is 5.82 Å². The third-order valence-electron chi connectivity index (χ3n) is 4.65. The van der Waals surface area contributed by atoms with Crippen LogP contribution in [0.25, 0.3) is 11.6 Å². The summed E-state index contributed by atoms with van der Waals surface area (Å²) in [7, 11) is 0. The summed E-state index contributed by atoms with van der Waals surface area (Å²) in [4.78, 5) is 26.8. The summed E-state index contributed by atoms with van der Waals surface area (Å²) in [6.07, 6.45) is 3.01. The minimum absolute atomic E-state index is 0.0694. The zero-order valence-corrected chi connectivity index (χ0v) is 16.0. The fourth-order valence-electron chi connectivity index (χ4n) is 3.16. The second-order valence-electron chi connectivity index (χ2n) is 6.44. The molecule has 0 bridgehead atoms. The Morgan fingerprint density at radius 1 is 1.22 bits per heavy atom. The number of likely N-dealkylation sites (tertiary alicyclic amines) is 1. The molecule has 1 fully saturated rings. The zero-order valence-electron chi connectivity index (χ0n) is 15.2. The van der Waals surface area contributed by atoms with Crippen LogP contribution in [0.5, 0.6) is 0 Å². The summed E-state index contributed by atoms with van der Waals surface area (Å²) in [5, 5.41) is 3.85. The van der Waals surface area contributed by atoms with Gasteiger partial charge >= 0.3 is 5.97 Å². The molecule has 0 atom stereocenters. The maximum atomic E-state index is 13.2. The molecule has 3 rings (SSSR count). The van der Waals surface area contributed by atoms with Gasteiger partial charge in [-0.2, -0.15) is 11.3 Å². The predicted molar refractivity (Wildman–Crippen MR) is 105 cm³/mol. The van der Waals surface area contributed by atoms with Gasteiger partial charge in [0.2, 0.25) is 0 Å². The van der Waals surface area contributed by atoms with E-state index in [1.807, 2.05) is 16.8 Å². The van der Waals surface area contributed by atoms with Crippen LogP contribution >= 0.6 is 11.3 Å². The number of rotatable bonds is 5. The van der Waals surface area contributed by atoms with E-state index in [2.05, 4.69) is 0 Å². The van der Waals surface area contributed by atoms with Gasteiger partial charge in [0.25, 0.3) is 5.91 Å². The molecule has 0 N–H and O–H groups in total. The van der Waals surface area contributed by atoms with E-state index in [1.54, 1.807) is 30.0 Å². The number of nitrogens with zero attached hydrogens (tertiary/aromatic N) is 1. The molecule has 1 saturated heterocycles.